The second-order valence-electron chi connectivity index (χ2n) is 17.8. The number of nitrogens with zero attached hydrogens (tertiary/aromatic N) is 3. The number of carbonyl (C=O) groups is 1. The molecule has 3 N–H and O–H groups in total. The van der Waals surface area contributed by atoms with Gasteiger partial charge >= 0.3 is 5.51 Å². The Labute approximate surface area is 383 Å². The summed E-state index contributed by atoms with van der Waals surface area (Å²) in [6.45, 7) is 13.6. The van der Waals surface area contributed by atoms with Crippen LogP contribution in [0.1, 0.15) is 69.2 Å². The molecule has 2 aliphatic heterocycles. The molecule has 19 heteroatoms. The highest BCUT2D eigenvalue weighted by molar-refractivity contribution is 7.99. The van der Waals surface area contributed by atoms with Crippen molar-refractivity contribution < 1.29 is 48.7 Å². The number of sulfonamides is 1. The van der Waals surface area contributed by atoms with Crippen molar-refractivity contribution in [2.45, 2.75) is 97.6 Å². The van der Waals surface area contributed by atoms with Crippen LogP contribution in [-0.2, 0) is 19.9 Å². The number of halogens is 5. The van der Waals surface area contributed by atoms with Crippen LogP contribution >= 0.6 is 11.8 Å². The minimum absolute atomic E-state index is 0.0478. The molecule has 3 aliphatic rings. The van der Waals surface area contributed by atoms with Crippen molar-refractivity contribution in [2.24, 2.45) is 5.41 Å². The second kappa shape index (κ2) is 21.3. The standard InChI is InChI=1S/C46H58F5N5O6S3/c1-32(9-16-43(47)48)40-28-45(2,3)20-17-34(40)29-55-23-25-56(26-24-55)36-12-10-33(11-13-36)44(58)53-65(61,62)39-14-15-41(42(27-39)64(59,60)46(49,50)51)52-35(18-21-54-22-19-37(57)30-54)31-63-38-7-5-4-6-8-38/h4-8,10-15,27,35,37,43,52,57H,1,9,16-26,28-31H2,2-3H3,(H,53,58)/t35-,37?/m1/s1. The van der Waals surface area contributed by atoms with Gasteiger partial charge in [0.1, 0.15) is 4.90 Å². The maximum atomic E-state index is 14.1. The van der Waals surface area contributed by atoms with Gasteiger partial charge in [-0.2, -0.15) is 13.2 Å². The van der Waals surface area contributed by atoms with E-state index in [1.54, 1.807) is 12.1 Å². The average Bonchev–Trinajstić information content (AvgIpc) is 3.68. The monoisotopic (exact) mass is 967 g/mol. The number of carbonyl (C=O) groups excluding carboxylic acids is 1. The Morgan fingerprint density at radius 1 is 0.938 bits per heavy atom. The fourth-order valence-electron chi connectivity index (χ4n) is 8.43. The third kappa shape index (κ3) is 13.6. The Bertz CT molecular complexity index is 2390. The zero-order valence-corrected chi connectivity index (χ0v) is 39.1. The molecule has 3 aromatic carbocycles. The Balaban J connectivity index is 1.12. The molecule has 1 aliphatic carbocycles. The first-order valence-corrected chi connectivity index (χ1v) is 25.7. The largest absolute Gasteiger partial charge is 0.501 e. The number of hydrogen-bond acceptors (Lipinski definition) is 11. The summed E-state index contributed by atoms with van der Waals surface area (Å²) < 4.78 is 123. The van der Waals surface area contributed by atoms with Crippen molar-refractivity contribution in [3.8, 4) is 0 Å². The van der Waals surface area contributed by atoms with Crippen molar-refractivity contribution in [2.75, 3.05) is 68.3 Å². The zero-order chi connectivity index (χ0) is 47.2. The summed E-state index contributed by atoms with van der Waals surface area (Å²) in [7, 11) is -11.0. The molecule has 6 rings (SSSR count). The fraction of sp³-hybridized carbons (Fsp3) is 0.500. The minimum Gasteiger partial charge on any atom is -0.392 e. The maximum absolute atomic E-state index is 14.1. The predicted octanol–water partition coefficient (Wildman–Crippen LogP) is 8.36. The molecule has 356 valence electrons. The molecule has 0 spiro atoms. The predicted molar refractivity (Wildman–Crippen MR) is 245 cm³/mol. The Morgan fingerprint density at radius 3 is 2.26 bits per heavy atom. The van der Waals surface area contributed by atoms with Gasteiger partial charge in [0.15, 0.2) is 0 Å². The summed E-state index contributed by atoms with van der Waals surface area (Å²) in [4.78, 5) is 18.5. The Morgan fingerprint density at radius 2 is 1.63 bits per heavy atom. The highest BCUT2D eigenvalue weighted by Gasteiger charge is 2.48. The van der Waals surface area contributed by atoms with E-state index < -0.39 is 65.3 Å². The Kier molecular flexibility index (Phi) is 16.5. The van der Waals surface area contributed by atoms with E-state index in [1.165, 1.54) is 29.5 Å². The quantitative estimate of drug-likeness (QED) is 0.0790. The number of β-amino-alcohol motifs (C(OH)–C–C–N with tert-alkyl or cyclic N) is 1. The van der Waals surface area contributed by atoms with Gasteiger partial charge in [0.05, 0.1) is 16.7 Å². The number of aliphatic hydroxyl groups is 1. The van der Waals surface area contributed by atoms with Gasteiger partial charge in [0.2, 0.25) is 6.43 Å². The summed E-state index contributed by atoms with van der Waals surface area (Å²) >= 11 is 1.41. The molecular formula is C46H58F5N5O6S3. The van der Waals surface area contributed by atoms with E-state index in [4.69, 9.17) is 0 Å². The van der Waals surface area contributed by atoms with E-state index in [0.717, 1.165) is 72.8 Å². The van der Waals surface area contributed by atoms with Crippen LogP contribution in [0.25, 0.3) is 0 Å². The summed E-state index contributed by atoms with van der Waals surface area (Å²) in [6, 6.07) is 17.2. The lowest BCUT2D eigenvalue weighted by Crippen LogP contribution is -2.47. The topological polar surface area (TPSA) is 139 Å². The number of nitrogens with one attached hydrogen (secondary N) is 2. The van der Waals surface area contributed by atoms with Crippen LogP contribution in [0.15, 0.2) is 111 Å². The number of piperazine rings is 1. The van der Waals surface area contributed by atoms with Gasteiger partial charge in [-0.3, -0.25) is 9.69 Å². The van der Waals surface area contributed by atoms with Gasteiger partial charge in [-0.25, -0.2) is 30.3 Å². The van der Waals surface area contributed by atoms with Crippen LogP contribution in [-0.4, -0.2) is 120 Å². The van der Waals surface area contributed by atoms with Gasteiger partial charge in [-0.1, -0.05) is 49.8 Å². The smallest absolute Gasteiger partial charge is 0.392 e. The molecule has 1 unspecified atom stereocenters. The highest BCUT2D eigenvalue weighted by Crippen LogP contribution is 2.43. The molecule has 3 aromatic rings. The lowest BCUT2D eigenvalue weighted by atomic mass is 9.72. The van der Waals surface area contributed by atoms with Crippen LogP contribution in [0.3, 0.4) is 0 Å². The van der Waals surface area contributed by atoms with Gasteiger partial charge in [-0.05, 0) is 104 Å². The molecule has 2 saturated heterocycles. The number of sulfone groups is 1. The normalized spacial score (nSPS) is 19.4. The third-order valence-electron chi connectivity index (χ3n) is 12.2. The summed E-state index contributed by atoms with van der Waals surface area (Å²) in [5, 5.41) is 12.9. The number of anilines is 2. The molecule has 0 bridgehead atoms. The number of benzene rings is 3. The van der Waals surface area contributed by atoms with Gasteiger partial charge in [0, 0.05) is 86.7 Å². The molecule has 11 nitrogen and oxygen atoms in total. The van der Waals surface area contributed by atoms with Crippen molar-refractivity contribution in [1.82, 2.24) is 14.5 Å². The first kappa shape index (κ1) is 50.4. The van der Waals surface area contributed by atoms with Crippen LogP contribution < -0.4 is 14.9 Å². The van der Waals surface area contributed by atoms with E-state index in [0.29, 0.717) is 57.4 Å². The van der Waals surface area contributed by atoms with Gasteiger partial charge in [0.25, 0.3) is 25.8 Å². The summed E-state index contributed by atoms with van der Waals surface area (Å²) in [5.41, 5.74) is -2.26. The fourth-order valence-corrected chi connectivity index (χ4v) is 11.4. The van der Waals surface area contributed by atoms with E-state index in [2.05, 4.69) is 35.5 Å². The molecule has 2 fully saturated rings. The summed E-state index contributed by atoms with van der Waals surface area (Å²) in [5.74, 6) is -0.746. The SMILES string of the molecule is C=C(CCC(F)F)C1=C(CN2CCN(c3ccc(C(=O)NS(=O)(=O)c4ccc(N[C@H](CCN5CCC(O)C5)CSc5ccccc5)c(S(=O)(=O)C(F)(F)F)c4)cc3)CC2)CCC(C)(C)C1. The van der Waals surface area contributed by atoms with Crippen molar-refractivity contribution in [3.05, 3.63) is 102 Å². The van der Waals surface area contributed by atoms with E-state index >= 15 is 0 Å². The maximum Gasteiger partial charge on any atom is 0.501 e. The first-order valence-electron chi connectivity index (χ1n) is 21.7. The van der Waals surface area contributed by atoms with Crippen molar-refractivity contribution >= 4 is 48.9 Å². The molecule has 0 radical (unpaired) electrons. The van der Waals surface area contributed by atoms with Crippen LogP contribution in [0, 0.1) is 5.41 Å². The molecule has 65 heavy (non-hydrogen) atoms. The van der Waals surface area contributed by atoms with E-state index in [-0.39, 0.29) is 23.8 Å². The average molecular weight is 968 g/mol. The number of allylic oxidation sites excluding steroid dienone is 2. The number of alkyl halides is 5. The minimum atomic E-state index is -6.09. The van der Waals surface area contributed by atoms with E-state index in [9.17, 15) is 48.7 Å². The molecule has 0 saturated carbocycles. The number of amides is 1. The van der Waals surface area contributed by atoms with Crippen LogP contribution in [0.4, 0.5) is 33.3 Å². The number of thioether (sulfide) groups is 1. The van der Waals surface area contributed by atoms with Gasteiger partial charge < -0.3 is 20.2 Å². The first-order chi connectivity index (χ1) is 30.6. The third-order valence-corrected chi connectivity index (χ3v) is 16.3. The number of rotatable bonds is 19. The second-order valence-corrected chi connectivity index (χ2v) is 22.5. The zero-order valence-electron chi connectivity index (χ0n) is 36.6. The molecule has 2 heterocycles. The number of aliphatic hydroxyl groups excluding tert-OH is 1. The molecule has 0 aromatic heterocycles. The van der Waals surface area contributed by atoms with Crippen LogP contribution in [0.2, 0.25) is 0 Å². The van der Waals surface area contributed by atoms with Crippen molar-refractivity contribution in [1.29, 1.82) is 0 Å². The lowest BCUT2D eigenvalue weighted by Gasteiger charge is -2.39. The number of likely N-dealkylation sites (tertiary alicyclic amines) is 1. The lowest BCUT2D eigenvalue weighted by molar-refractivity contribution is -0.0436. The summed E-state index contributed by atoms with van der Waals surface area (Å²) in [6.07, 6.45) is 0.824. The molecule has 2 atom stereocenters. The van der Waals surface area contributed by atoms with Crippen molar-refractivity contribution in [3.63, 3.8) is 0 Å². The number of hydrogen-bond donors (Lipinski definition) is 3. The molecular weight excluding hydrogens is 910 g/mol. The van der Waals surface area contributed by atoms with E-state index in [1.807, 2.05) is 40.0 Å². The highest BCUT2D eigenvalue weighted by atomic mass is 32.2. The van der Waals surface area contributed by atoms with Gasteiger partial charge in [-0.15, -0.1) is 11.8 Å². The van der Waals surface area contributed by atoms with Crippen LogP contribution in [0.5, 0.6) is 0 Å². The molecule has 1 amide bonds. The Hall–Kier alpha value is -4.01.